The zero-order valence-corrected chi connectivity index (χ0v) is 11.5. The summed E-state index contributed by atoms with van der Waals surface area (Å²) in [6.45, 7) is 2.69. The van der Waals surface area contributed by atoms with E-state index in [-0.39, 0.29) is 0 Å². The Bertz CT molecular complexity index is 748. The molecular formula is C14H16N6. The van der Waals surface area contributed by atoms with Crippen molar-refractivity contribution in [3.63, 3.8) is 0 Å². The highest BCUT2D eigenvalue weighted by molar-refractivity contribution is 5.48. The highest BCUT2D eigenvalue weighted by Crippen LogP contribution is 2.17. The summed E-state index contributed by atoms with van der Waals surface area (Å²) in [7, 11) is 2.01. The number of hydrogen-bond acceptors (Lipinski definition) is 5. The lowest BCUT2D eigenvalue weighted by Crippen LogP contribution is -2.20. The second-order valence-corrected chi connectivity index (χ2v) is 4.83. The van der Waals surface area contributed by atoms with Crippen LogP contribution in [0, 0.1) is 6.92 Å². The van der Waals surface area contributed by atoms with Crippen molar-refractivity contribution in [2.75, 3.05) is 17.7 Å². The molecule has 3 rings (SSSR count). The number of hydrogen-bond donors (Lipinski definition) is 1. The number of anilines is 2. The summed E-state index contributed by atoms with van der Waals surface area (Å²) in [5.74, 6) is 1.56. The molecule has 0 radical (unpaired) electrons. The van der Waals surface area contributed by atoms with Crippen LogP contribution in [0.15, 0.2) is 36.7 Å². The Morgan fingerprint density at radius 2 is 2.15 bits per heavy atom. The summed E-state index contributed by atoms with van der Waals surface area (Å²) < 4.78 is 1.74. The number of nitrogens with zero attached hydrogens (tertiary/aromatic N) is 5. The van der Waals surface area contributed by atoms with Gasteiger partial charge >= 0.3 is 0 Å². The van der Waals surface area contributed by atoms with Crippen molar-refractivity contribution < 1.29 is 0 Å². The molecule has 0 saturated carbocycles. The fourth-order valence-electron chi connectivity index (χ4n) is 2.23. The van der Waals surface area contributed by atoms with E-state index >= 15 is 0 Å². The lowest BCUT2D eigenvalue weighted by Gasteiger charge is -2.20. The Balaban J connectivity index is 1.96. The molecule has 0 unspecified atom stereocenters. The van der Waals surface area contributed by atoms with E-state index in [2.05, 4.69) is 26.0 Å². The predicted octanol–water partition coefficient (Wildman–Crippen LogP) is 1.65. The summed E-state index contributed by atoms with van der Waals surface area (Å²) in [6, 6.07) is 9.87. The number of benzene rings is 1. The number of aryl methyl sites for hydroxylation is 1. The van der Waals surface area contributed by atoms with Crippen LogP contribution in [0.5, 0.6) is 0 Å². The first-order valence-electron chi connectivity index (χ1n) is 6.36. The fraction of sp³-hybridized carbons (Fsp3) is 0.214. The fourth-order valence-corrected chi connectivity index (χ4v) is 2.23. The molecule has 6 heteroatoms. The van der Waals surface area contributed by atoms with Crippen LogP contribution in [0.25, 0.3) is 5.78 Å². The maximum Gasteiger partial charge on any atom is 0.254 e. The molecule has 0 saturated heterocycles. The molecule has 0 amide bonds. The van der Waals surface area contributed by atoms with Gasteiger partial charge in [0.1, 0.15) is 12.1 Å². The SMILES string of the molecule is Cc1cc(N(C)Cc2cccc(N)c2)n2ncnc2n1. The van der Waals surface area contributed by atoms with Crippen LogP contribution in [0.1, 0.15) is 11.3 Å². The molecule has 0 atom stereocenters. The predicted molar refractivity (Wildman–Crippen MR) is 78.5 cm³/mol. The van der Waals surface area contributed by atoms with Gasteiger partial charge in [-0.3, -0.25) is 0 Å². The number of fused-ring (bicyclic) bond motifs is 1. The van der Waals surface area contributed by atoms with E-state index < -0.39 is 0 Å². The molecule has 20 heavy (non-hydrogen) atoms. The van der Waals surface area contributed by atoms with Crippen molar-refractivity contribution in [3.05, 3.63) is 47.9 Å². The quantitative estimate of drug-likeness (QED) is 0.731. The molecule has 0 spiro atoms. The lowest BCUT2D eigenvalue weighted by molar-refractivity contribution is 0.828. The molecule has 0 aliphatic heterocycles. The molecule has 2 heterocycles. The molecule has 0 bridgehead atoms. The second kappa shape index (κ2) is 4.80. The number of rotatable bonds is 3. The first-order valence-corrected chi connectivity index (χ1v) is 6.36. The van der Waals surface area contributed by atoms with Crippen molar-refractivity contribution in [2.24, 2.45) is 0 Å². The first kappa shape index (κ1) is 12.4. The zero-order valence-electron chi connectivity index (χ0n) is 11.5. The Labute approximate surface area is 116 Å². The summed E-state index contributed by atoms with van der Waals surface area (Å²) in [4.78, 5) is 10.6. The molecule has 3 aromatic rings. The topological polar surface area (TPSA) is 72.3 Å². The molecule has 2 aromatic heterocycles. The third-order valence-electron chi connectivity index (χ3n) is 3.12. The van der Waals surface area contributed by atoms with Crippen molar-refractivity contribution in [3.8, 4) is 0 Å². The van der Waals surface area contributed by atoms with Gasteiger partial charge in [-0.2, -0.15) is 14.6 Å². The van der Waals surface area contributed by atoms with Gasteiger partial charge in [0.2, 0.25) is 0 Å². The van der Waals surface area contributed by atoms with Crippen LogP contribution in [-0.4, -0.2) is 26.6 Å². The Hall–Kier alpha value is -2.63. The van der Waals surface area contributed by atoms with Crippen LogP contribution in [0.4, 0.5) is 11.5 Å². The van der Waals surface area contributed by atoms with Gasteiger partial charge < -0.3 is 10.6 Å². The van der Waals surface area contributed by atoms with Gasteiger partial charge in [-0.15, -0.1) is 0 Å². The largest absolute Gasteiger partial charge is 0.399 e. The van der Waals surface area contributed by atoms with E-state index in [1.807, 2.05) is 38.2 Å². The monoisotopic (exact) mass is 268 g/mol. The maximum atomic E-state index is 5.82. The van der Waals surface area contributed by atoms with Crippen LogP contribution in [-0.2, 0) is 6.54 Å². The van der Waals surface area contributed by atoms with Gasteiger partial charge in [0.05, 0.1) is 0 Å². The van der Waals surface area contributed by atoms with Crippen LogP contribution in [0.3, 0.4) is 0 Å². The van der Waals surface area contributed by atoms with Crippen molar-refractivity contribution in [1.29, 1.82) is 0 Å². The molecule has 0 aliphatic carbocycles. The summed E-state index contributed by atoms with van der Waals surface area (Å²) in [5, 5.41) is 4.22. The van der Waals surface area contributed by atoms with E-state index in [0.29, 0.717) is 5.78 Å². The van der Waals surface area contributed by atoms with E-state index in [4.69, 9.17) is 5.73 Å². The summed E-state index contributed by atoms with van der Waals surface area (Å²) >= 11 is 0. The second-order valence-electron chi connectivity index (χ2n) is 4.83. The maximum absolute atomic E-state index is 5.82. The average molecular weight is 268 g/mol. The van der Waals surface area contributed by atoms with Gasteiger partial charge in [0.25, 0.3) is 5.78 Å². The molecule has 102 valence electrons. The first-order chi connectivity index (χ1) is 9.63. The summed E-state index contributed by atoms with van der Waals surface area (Å²) in [6.07, 6.45) is 1.51. The molecule has 0 fully saturated rings. The van der Waals surface area contributed by atoms with Gasteiger partial charge in [0.15, 0.2) is 0 Å². The Morgan fingerprint density at radius 3 is 2.95 bits per heavy atom. The zero-order chi connectivity index (χ0) is 14.1. The number of nitrogen functional groups attached to an aromatic ring is 1. The molecule has 1 aromatic carbocycles. The minimum Gasteiger partial charge on any atom is -0.399 e. The summed E-state index contributed by atoms with van der Waals surface area (Å²) in [5.41, 5.74) is 8.65. The van der Waals surface area contributed by atoms with E-state index in [0.717, 1.165) is 29.3 Å². The van der Waals surface area contributed by atoms with Crippen LogP contribution in [0.2, 0.25) is 0 Å². The molecular weight excluding hydrogens is 252 g/mol. The van der Waals surface area contributed by atoms with Gasteiger partial charge in [-0.05, 0) is 24.6 Å². The van der Waals surface area contributed by atoms with Gasteiger partial charge in [0, 0.05) is 31.0 Å². The van der Waals surface area contributed by atoms with E-state index in [9.17, 15) is 0 Å². The smallest absolute Gasteiger partial charge is 0.254 e. The average Bonchev–Trinajstić information content (AvgIpc) is 2.85. The van der Waals surface area contributed by atoms with Crippen LogP contribution < -0.4 is 10.6 Å². The highest BCUT2D eigenvalue weighted by Gasteiger charge is 2.10. The molecule has 6 nitrogen and oxygen atoms in total. The highest BCUT2D eigenvalue weighted by atomic mass is 15.4. The van der Waals surface area contributed by atoms with Gasteiger partial charge in [-0.25, -0.2) is 4.98 Å². The van der Waals surface area contributed by atoms with Gasteiger partial charge in [-0.1, -0.05) is 12.1 Å². The lowest BCUT2D eigenvalue weighted by atomic mass is 10.2. The Kier molecular flexibility index (Phi) is 2.98. The Morgan fingerprint density at radius 1 is 1.30 bits per heavy atom. The van der Waals surface area contributed by atoms with Crippen molar-refractivity contribution >= 4 is 17.3 Å². The van der Waals surface area contributed by atoms with E-state index in [1.165, 1.54) is 6.33 Å². The number of aromatic nitrogens is 4. The molecule has 0 aliphatic rings. The normalized spacial score (nSPS) is 10.9. The standard InChI is InChI=1S/C14H16N6/c1-10-6-13(20-14(18-10)16-9-17-20)19(2)8-11-4-3-5-12(15)7-11/h3-7,9H,8,15H2,1-2H3. The minimum atomic E-state index is 0.611. The minimum absolute atomic E-state index is 0.611. The third kappa shape index (κ3) is 2.27. The van der Waals surface area contributed by atoms with E-state index in [1.54, 1.807) is 4.52 Å². The third-order valence-corrected chi connectivity index (χ3v) is 3.12. The van der Waals surface area contributed by atoms with Crippen molar-refractivity contribution in [1.82, 2.24) is 19.6 Å². The molecule has 2 N–H and O–H groups in total. The van der Waals surface area contributed by atoms with Crippen molar-refractivity contribution in [2.45, 2.75) is 13.5 Å². The number of nitrogens with two attached hydrogens (primary N) is 1. The van der Waals surface area contributed by atoms with Crippen LogP contribution >= 0.6 is 0 Å².